The highest BCUT2D eigenvalue weighted by Gasteiger charge is 2.32. The van der Waals surface area contributed by atoms with E-state index in [4.69, 9.17) is 4.99 Å². The van der Waals surface area contributed by atoms with E-state index in [1.165, 1.54) is 0 Å². The van der Waals surface area contributed by atoms with Gasteiger partial charge in [-0.15, -0.1) is 0 Å². The maximum absolute atomic E-state index is 13.3. The van der Waals surface area contributed by atoms with Gasteiger partial charge in [0.1, 0.15) is 0 Å². The van der Waals surface area contributed by atoms with Crippen molar-refractivity contribution in [3.05, 3.63) is 47.9 Å². The predicted octanol–water partition coefficient (Wildman–Crippen LogP) is 2.03. The quantitative estimate of drug-likeness (QED) is 0.748. The molecule has 1 atom stereocenters. The van der Waals surface area contributed by atoms with E-state index in [1.54, 1.807) is 12.5 Å². The number of nitrogens with zero attached hydrogens (tertiary/aromatic N) is 6. The first-order chi connectivity index (χ1) is 13.6. The van der Waals surface area contributed by atoms with Crippen molar-refractivity contribution in [1.29, 1.82) is 0 Å². The van der Waals surface area contributed by atoms with Gasteiger partial charge in [0.25, 0.3) is 0 Å². The molecule has 0 spiro atoms. The lowest BCUT2D eigenvalue weighted by Gasteiger charge is -2.36. The summed E-state index contributed by atoms with van der Waals surface area (Å²) >= 11 is 0. The van der Waals surface area contributed by atoms with Crippen molar-refractivity contribution in [2.75, 3.05) is 46.3 Å². The topological polar surface area (TPSA) is 55.3 Å². The second-order valence-electron chi connectivity index (χ2n) is 7.74. The Bertz CT molecular complexity index is 809. The molecule has 0 N–H and O–H groups in total. The zero-order valence-electron chi connectivity index (χ0n) is 16.7. The van der Waals surface area contributed by atoms with Crippen LogP contribution in [0.2, 0.25) is 0 Å². The molecule has 1 aromatic rings. The molecule has 0 unspecified atom stereocenters. The Labute approximate surface area is 166 Å². The number of carbonyl (C=O) groups is 1. The van der Waals surface area contributed by atoms with Gasteiger partial charge in [0.15, 0.2) is 0 Å². The Morgan fingerprint density at radius 3 is 2.79 bits per heavy atom. The molecule has 4 rings (SSSR count). The van der Waals surface area contributed by atoms with Gasteiger partial charge in [-0.05, 0) is 50.9 Å². The van der Waals surface area contributed by atoms with E-state index in [2.05, 4.69) is 28.0 Å². The number of carbonyl (C=O) groups excluding carboxylic acids is 1. The maximum atomic E-state index is 13.3. The van der Waals surface area contributed by atoms with Gasteiger partial charge in [-0.25, -0.2) is 9.79 Å². The standard InChI is InChI=1S/C21H28N6O/c1-17-14-18(5-7-22-17)20-4-3-8-25-9-6-19(15-25)27(16-23-20)21(28)26-12-10-24(2)11-13-26/h3-5,7-8,14,16,19H,6,9-13,15H2,1-2H3/t19-/m0/s1. The van der Waals surface area contributed by atoms with Gasteiger partial charge in [-0.3, -0.25) is 9.88 Å². The number of hydrogen-bond donors (Lipinski definition) is 0. The number of aromatic nitrogens is 1. The molecule has 148 valence electrons. The predicted molar refractivity (Wildman–Crippen MR) is 111 cm³/mol. The summed E-state index contributed by atoms with van der Waals surface area (Å²) in [5.74, 6) is 0. The third-order valence-electron chi connectivity index (χ3n) is 5.65. The number of hydrogen-bond acceptors (Lipinski definition) is 5. The number of allylic oxidation sites excluding steroid dienone is 2. The van der Waals surface area contributed by atoms with Crippen LogP contribution in [0.25, 0.3) is 5.70 Å². The second kappa shape index (κ2) is 8.14. The molecule has 4 heterocycles. The van der Waals surface area contributed by atoms with Gasteiger partial charge in [0, 0.05) is 56.7 Å². The van der Waals surface area contributed by atoms with E-state index in [0.717, 1.165) is 62.6 Å². The molecule has 7 nitrogen and oxygen atoms in total. The van der Waals surface area contributed by atoms with Crippen molar-refractivity contribution in [3.63, 3.8) is 0 Å². The van der Waals surface area contributed by atoms with E-state index < -0.39 is 0 Å². The van der Waals surface area contributed by atoms with Gasteiger partial charge < -0.3 is 14.7 Å². The zero-order chi connectivity index (χ0) is 19.5. The second-order valence-corrected chi connectivity index (χ2v) is 7.74. The van der Waals surface area contributed by atoms with Crippen molar-refractivity contribution < 1.29 is 4.79 Å². The molecule has 2 saturated heterocycles. The van der Waals surface area contributed by atoms with E-state index in [0.29, 0.717) is 0 Å². The lowest BCUT2D eigenvalue weighted by atomic mass is 10.1. The maximum Gasteiger partial charge on any atom is 0.325 e. The number of pyridine rings is 1. The molecule has 0 saturated carbocycles. The summed E-state index contributed by atoms with van der Waals surface area (Å²) in [5, 5.41) is 0. The average Bonchev–Trinajstić information content (AvgIpc) is 3.14. The highest BCUT2D eigenvalue weighted by Crippen LogP contribution is 2.21. The number of likely N-dealkylation sites (N-methyl/N-ethyl adjacent to an activating group) is 1. The first-order valence-electron chi connectivity index (χ1n) is 9.96. The van der Waals surface area contributed by atoms with Crippen LogP contribution in [0.1, 0.15) is 17.7 Å². The molecule has 0 aromatic carbocycles. The smallest absolute Gasteiger partial charge is 0.325 e. The number of amides is 2. The number of aryl methyl sites for hydroxylation is 1. The third kappa shape index (κ3) is 4.09. The van der Waals surface area contributed by atoms with Crippen LogP contribution in [0.5, 0.6) is 0 Å². The molecule has 3 aliphatic rings. The van der Waals surface area contributed by atoms with Gasteiger partial charge in [-0.1, -0.05) is 0 Å². The number of aliphatic imine (C=N–C) groups is 1. The molecule has 28 heavy (non-hydrogen) atoms. The Morgan fingerprint density at radius 1 is 1.18 bits per heavy atom. The lowest BCUT2D eigenvalue weighted by molar-refractivity contribution is 0.131. The molecule has 7 heteroatoms. The Morgan fingerprint density at radius 2 is 2.00 bits per heavy atom. The minimum Gasteiger partial charge on any atom is -0.375 e. The van der Waals surface area contributed by atoms with Crippen LogP contribution in [0.3, 0.4) is 0 Å². The fourth-order valence-electron chi connectivity index (χ4n) is 3.89. The van der Waals surface area contributed by atoms with Crippen LogP contribution < -0.4 is 0 Å². The number of rotatable bonds is 1. The number of urea groups is 1. The van der Waals surface area contributed by atoms with E-state index in [1.807, 2.05) is 41.0 Å². The van der Waals surface area contributed by atoms with Crippen LogP contribution in [-0.4, -0.2) is 89.3 Å². The van der Waals surface area contributed by atoms with Crippen molar-refractivity contribution in [2.24, 2.45) is 4.99 Å². The summed E-state index contributed by atoms with van der Waals surface area (Å²) in [6.45, 7) is 7.14. The number of piperazine rings is 1. The summed E-state index contributed by atoms with van der Waals surface area (Å²) in [5.41, 5.74) is 2.78. The van der Waals surface area contributed by atoms with E-state index >= 15 is 0 Å². The minimum atomic E-state index is 0.0681. The highest BCUT2D eigenvalue weighted by atomic mass is 16.2. The summed E-state index contributed by atoms with van der Waals surface area (Å²) in [4.78, 5) is 30.6. The first-order valence-corrected chi connectivity index (χ1v) is 9.96. The molecule has 0 radical (unpaired) electrons. The van der Waals surface area contributed by atoms with Crippen LogP contribution in [-0.2, 0) is 0 Å². The molecule has 2 amide bonds. The van der Waals surface area contributed by atoms with Crippen LogP contribution >= 0.6 is 0 Å². The van der Waals surface area contributed by atoms with Crippen molar-refractivity contribution in [1.82, 2.24) is 24.6 Å². The van der Waals surface area contributed by atoms with Gasteiger partial charge in [0.2, 0.25) is 0 Å². The molecule has 0 aliphatic carbocycles. The summed E-state index contributed by atoms with van der Waals surface area (Å²) in [6.07, 6.45) is 10.7. The summed E-state index contributed by atoms with van der Waals surface area (Å²) in [7, 11) is 2.10. The average molecular weight is 380 g/mol. The van der Waals surface area contributed by atoms with Gasteiger partial charge >= 0.3 is 6.03 Å². The lowest BCUT2D eigenvalue weighted by Crippen LogP contribution is -2.54. The zero-order valence-corrected chi connectivity index (χ0v) is 16.7. The Balaban J connectivity index is 1.62. The fourth-order valence-corrected chi connectivity index (χ4v) is 3.89. The van der Waals surface area contributed by atoms with E-state index in [9.17, 15) is 4.79 Å². The molecular weight excluding hydrogens is 352 g/mol. The Hall–Kier alpha value is -2.67. The SMILES string of the molecule is Cc1cc(C2=CC=CN3CC[C@@H](C3)N(C(=O)N3CCN(C)CC3)C=N2)ccn1. The molecule has 1 aromatic heterocycles. The molecular formula is C21H28N6O. The number of fused-ring (bicyclic) bond motifs is 2. The van der Waals surface area contributed by atoms with Crippen molar-refractivity contribution >= 4 is 18.1 Å². The van der Waals surface area contributed by atoms with E-state index in [-0.39, 0.29) is 12.1 Å². The van der Waals surface area contributed by atoms with Crippen molar-refractivity contribution in [2.45, 2.75) is 19.4 Å². The van der Waals surface area contributed by atoms with Gasteiger partial charge in [0.05, 0.1) is 18.1 Å². The summed E-state index contributed by atoms with van der Waals surface area (Å²) < 4.78 is 0. The highest BCUT2D eigenvalue weighted by molar-refractivity contribution is 5.89. The summed E-state index contributed by atoms with van der Waals surface area (Å²) in [6, 6.07) is 4.19. The van der Waals surface area contributed by atoms with Crippen LogP contribution in [0.4, 0.5) is 4.79 Å². The van der Waals surface area contributed by atoms with Crippen LogP contribution in [0.15, 0.2) is 41.7 Å². The fraction of sp³-hybridized carbons (Fsp3) is 0.476. The Kier molecular flexibility index (Phi) is 5.43. The molecule has 3 aliphatic heterocycles. The molecule has 2 bridgehead atoms. The first kappa shape index (κ1) is 18.7. The van der Waals surface area contributed by atoms with Gasteiger partial charge in [-0.2, -0.15) is 0 Å². The third-order valence-corrected chi connectivity index (χ3v) is 5.65. The van der Waals surface area contributed by atoms with Crippen molar-refractivity contribution in [3.8, 4) is 0 Å². The molecule has 2 fully saturated rings. The minimum absolute atomic E-state index is 0.0681. The largest absolute Gasteiger partial charge is 0.375 e. The van der Waals surface area contributed by atoms with Crippen LogP contribution in [0, 0.1) is 6.92 Å². The normalized spacial score (nSPS) is 23.1. The monoisotopic (exact) mass is 380 g/mol.